The zero-order valence-electron chi connectivity index (χ0n) is 13.4. The summed E-state index contributed by atoms with van der Waals surface area (Å²) in [6.07, 6.45) is -12.9. The fourth-order valence-corrected chi connectivity index (χ4v) is 2.59. The molecule has 6 nitrogen and oxygen atoms in total. The number of carbonyl (C=O) groups is 1. The van der Waals surface area contributed by atoms with Crippen molar-refractivity contribution in [2.45, 2.75) is 43.2 Å². The Morgan fingerprint density at radius 1 is 1.00 bits per heavy atom. The van der Waals surface area contributed by atoms with E-state index in [0.29, 0.717) is 11.0 Å². The Bertz CT molecular complexity index is 730. The summed E-state index contributed by atoms with van der Waals surface area (Å²) in [5, 5.41) is 0.766. The fraction of sp³-hybridized carbons (Fsp3) is 0.462. The molecule has 0 spiro atoms. The summed E-state index contributed by atoms with van der Waals surface area (Å²) < 4.78 is 103. The van der Waals surface area contributed by atoms with Crippen LogP contribution in [0.2, 0.25) is 0 Å². The maximum Gasteiger partial charge on any atom is 0.435 e. The normalized spacial score (nSPS) is 13.5. The van der Waals surface area contributed by atoms with E-state index in [4.69, 9.17) is 0 Å². The lowest BCUT2D eigenvalue weighted by Gasteiger charge is -2.38. The van der Waals surface area contributed by atoms with Gasteiger partial charge in [-0.1, -0.05) is 24.6 Å². The first kappa shape index (κ1) is 22.2. The molecule has 13 heteroatoms. The largest absolute Gasteiger partial charge is 0.435 e. The zero-order valence-corrected chi connectivity index (χ0v) is 14.2. The lowest BCUT2D eigenvalue weighted by molar-refractivity contribution is -0.317. The number of aryl methyl sites for hydroxylation is 1. The smallest absolute Gasteiger partial charge is 0.322 e. The van der Waals surface area contributed by atoms with Crippen LogP contribution in [0.1, 0.15) is 18.9 Å². The highest BCUT2D eigenvalue weighted by Crippen LogP contribution is 2.41. The highest BCUT2D eigenvalue weighted by atomic mass is 32.2. The first-order chi connectivity index (χ1) is 11.7. The molecule has 3 N–H and O–H groups in total. The first-order valence-corrected chi connectivity index (χ1v) is 8.44. The van der Waals surface area contributed by atoms with Gasteiger partial charge in [-0.25, -0.2) is 13.8 Å². The summed E-state index contributed by atoms with van der Waals surface area (Å²) in [6.45, 7) is 2.63. The van der Waals surface area contributed by atoms with Crippen LogP contribution < -0.4 is 15.6 Å². The van der Waals surface area contributed by atoms with E-state index in [-0.39, 0.29) is 0 Å². The molecule has 0 atom stereocenters. The number of alkyl halides is 6. The van der Waals surface area contributed by atoms with Gasteiger partial charge in [-0.3, -0.25) is 4.79 Å². The maximum atomic E-state index is 13.2. The van der Waals surface area contributed by atoms with Crippen LogP contribution in [0.5, 0.6) is 0 Å². The summed E-state index contributed by atoms with van der Waals surface area (Å²) >= 11 is 0. The summed E-state index contributed by atoms with van der Waals surface area (Å²) in [5.74, 6) is -1.60. The number of hydrogen-bond donors (Lipinski definition) is 3. The number of hydrogen-bond acceptors (Lipinski definition) is 4. The Morgan fingerprint density at radius 3 is 1.85 bits per heavy atom. The van der Waals surface area contributed by atoms with Crippen LogP contribution >= 0.6 is 0 Å². The number of carbonyl (C=O) groups excluding carboxylic acids is 1. The SMILES string of the molecule is CCC(=O)NC(NNS(=O)(=O)c1ccc(C)cc1)(C(F)(F)F)C(F)(F)F. The summed E-state index contributed by atoms with van der Waals surface area (Å²) in [7, 11) is -4.79. The van der Waals surface area contributed by atoms with Gasteiger partial charge in [-0.2, -0.15) is 26.3 Å². The average Bonchev–Trinajstić information content (AvgIpc) is 2.49. The van der Waals surface area contributed by atoms with E-state index in [9.17, 15) is 39.6 Å². The predicted octanol–water partition coefficient (Wildman–Crippen LogP) is 2.13. The van der Waals surface area contributed by atoms with E-state index in [1.54, 1.807) is 6.92 Å². The van der Waals surface area contributed by atoms with Gasteiger partial charge in [-0.15, -0.1) is 4.83 Å². The highest BCUT2D eigenvalue weighted by Gasteiger charge is 2.72. The number of hydrazine groups is 1. The maximum absolute atomic E-state index is 13.2. The van der Waals surface area contributed by atoms with E-state index in [0.717, 1.165) is 29.2 Å². The van der Waals surface area contributed by atoms with Crippen LogP contribution in [0.15, 0.2) is 29.2 Å². The van der Waals surface area contributed by atoms with Gasteiger partial charge >= 0.3 is 12.4 Å². The fourth-order valence-electron chi connectivity index (χ4n) is 1.69. The van der Waals surface area contributed by atoms with Crippen LogP contribution in [0.25, 0.3) is 0 Å². The van der Waals surface area contributed by atoms with Crippen LogP contribution in [0.4, 0.5) is 26.3 Å². The topological polar surface area (TPSA) is 87.3 Å². The molecular formula is C13H15F6N3O3S. The van der Waals surface area contributed by atoms with Crippen LogP contribution in [0, 0.1) is 6.92 Å². The molecule has 0 unspecified atom stereocenters. The van der Waals surface area contributed by atoms with E-state index in [1.807, 2.05) is 0 Å². The summed E-state index contributed by atoms with van der Waals surface area (Å²) in [4.78, 5) is 11.7. The Kier molecular flexibility index (Phi) is 6.32. The molecule has 1 rings (SSSR count). The molecule has 1 aromatic rings. The number of benzene rings is 1. The van der Waals surface area contributed by atoms with Gasteiger partial charge in [0.2, 0.25) is 5.91 Å². The first-order valence-electron chi connectivity index (χ1n) is 6.96. The second kappa shape index (κ2) is 7.40. The second-order valence-electron chi connectivity index (χ2n) is 5.19. The molecule has 0 aliphatic rings. The average molecular weight is 407 g/mol. The molecule has 1 aromatic carbocycles. The van der Waals surface area contributed by atoms with Crippen molar-refractivity contribution >= 4 is 15.9 Å². The Balaban J connectivity index is 3.28. The van der Waals surface area contributed by atoms with Gasteiger partial charge in [0.1, 0.15) is 0 Å². The second-order valence-corrected chi connectivity index (χ2v) is 6.87. The molecule has 148 valence electrons. The van der Waals surface area contributed by atoms with Crippen molar-refractivity contribution in [3.05, 3.63) is 29.8 Å². The lowest BCUT2D eigenvalue weighted by Crippen LogP contribution is -2.78. The molecule has 0 aromatic heterocycles. The molecular weight excluding hydrogens is 392 g/mol. The minimum Gasteiger partial charge on any atom is -0.322 e. The minimum absolute atomic E-state index is 0.573. The van der Waals surface area contributed by atoms with Crippen molar-refractivity contribution in [1.82, 2.24) is 15.6 Å². The van der Waals surface area contributed by atoms with Gasteiger partial charge < -0.3 is 5.32 Å². The minimum atomic E-state index is -6.11. The number of halogens is 6. The number of sulfonamides is 1. The quantitative estimate of drug-likeness (QED) is 0.383. The number of nitrogens with one attached hydrogen (secondary N) is 3. The predicted molar refractivity (Wildman–Crippen MR) is 77.9 cm³/mol. The Morgan fingerprint density at radius 2 is 1.46 bits per heavy atom. The third-order valence-corrected chi connectivity index (χ3v) is 4.47. The number of amides is 1. The molecule has 0 saturated heterocycles. The number of rotatable bonds is 6. The van der Waals surface area contributed by atoms with Crippen molar-refractivity contribution in [2.24, 2.45) is 0 Å². The van der Waals surface area contributed by atoms with Crippen molar-refractivity contribution in [2.75, 3.05) is 0 Å². The van der Waals surface area contributed by atoms with Gasteiger partial charge in [0.25, 0.3) is 15.7 Å². The lowest BCUT2D eigenvalue weighted by atomic mass is 10.1. The molecule has 0 bridgehead atoms. The summed E-state index contributed by atoms with van der Waals surface area (Å²) in [6, 6.07) is 4.59. The van der Waals surface area contributed by atoms with Crippen LogP contribution in [-0.4, -0.2) is 32.3 Å². The van der Waals surface area contributed by atoms with Crippen LogP contribution in [-0.2, 0) is 14.8 Å². The van der Waals surface area contributed by atoms with Crippen molar-refractivity contribution in [3.8, 4) is 0 Å². The molecule has 0 radical (unpaired) electrons. The molecule has 0 fully saturated rings. The molecule has 0 saturated carbocycles. The standard InChI is InChI=1S/C13H15F6N3O3S/c1-3-10(23)20-11(12(14,15)16,13(17,18)19)21-22-26(24,25)9-6-4-8(2)5-7-9/h4-7,21-22H,3H2,1-2H3,(H,20,23). The van der Waals surface area contributed by atoms with E-state index in [1.165, 1.54) is 12.1 Å². The van der Waals surface area contributed by atoms with Crippen LogP contribution in [0.3, 0.4) is 0 Å². The Labute approximate surface area is 145 Å². The third-order valence-electron chi connectivity index (χ3n) is 3.20. The van der Waals surface area contributed by atoms with Crippen molar-refractivity contribution in [3.63, 3.8) is 0 Å². The van der Waals surface area contributed by atoms with E-state index < -0.39 is 45.3 Å². The van der Waals surface area contributed by atoms with Gasteiger partial charge in [0.05, 0.1) is 4.90 Å². The van der Waals surface area contributed by atoms with Crippen molar-refractivity contribution in [1.29, 1.82) is 0 Å². The van der Waals surface area contributed by atoms with Crippen molar-refractivity contribution < 1.29 is 39.6 Å². The van der Waals surface area contributed by atoms with Gasteiger partial charge in [-0.05, 0) is 19.1 Å². The summed E-state index contributed by atoms with van der Waals surface area (Å²) in [5.41, 5.74) is -3.68. The molecule has 26 heavy (non-hydrogen) atoms. The zero-order chi connectivity index (χ0) is 20.4. The molecule has 1 amide bonds. The molecule has 0 aliphatic heterocycles. The van der Waals surface area contributed by atoms with Gasteiger partial charge in [0, 0.05) is 6.42 Å². The molecule has 0 heterocycles. The highest BCUT2D eigenvalue weighted by molar-refractivity contribution is 7.89. The Hall–Kier alpha value is -1.86. The van der Waals surface area contributed by atoms with E-state index >= 15 is 0 Å². The van der Waals surface area contributed by atoms with Gasteiger partial charge in [0.15, 0.2) is 0 Å². The monoisotopic (exact) mass is 407 g/mol. The third kappa shape index (κ3) is 4.65. The van der Waals surface area contributed by atoms with E-state index in [2.05, 4.69) is 0 Å². The molecule has 0 aliphatic carbocycles.